The molecule has 0 bridgehead atoms. The average molecular weight is 430 g/mol. The Morgan fingerprint density at radius 3 is 2.74 bits per heavy atom. The van der Waals surface area contributed by atoms with E-state index in [1.165, 1.54) is 7.11 Å². The van der Waals surface area contributed by atoms with E-state index in [-0.39, 0.29) is 24.4 Å². The quantitative estimate of drug-likeness (QED) is 0.499. The zero-order valence-electron chi connectivity index (χ0n) is 18.6. The highest BCUT2D eigenvalue weighted by Gasteiger charge is 2.49. The van der Waals surface area contributed by atoms with Crippen LogP contribution in [0.2, 0.25) is 0 Å². The number of hydrogen-bond donors (Lipinski definition) is 1. The van der Waals surface area contributed by atoms with E-state index >= 15 is 0 Å². The van der Waals surface area contributed by atoms with E-state index in [9.17, 15) is 9.59 Å². The van der Waals surface area contributed by atoms with Crippen molar-refractivity contribution in [3.63, 3.8) is 0 Å². The molecule has 8 heteroatoms. The van der Waals surface area contributed by atoms with E-state index in [1.807, 2.05) is 6.07 Å². The summed E-state index contributed by atoms with van der Waals surface area (Å²) in [6.45, 7) is 6.85. The highest BCUT2D eigenvalue weighted by Crippen LogP contribution is 2.48. The Morgan fingerprint density at radius 1 is 1.29 bits per heavy atom. The van der Waals surface area contributed by atoms with Gasteiger partial charge in [-0.2, -0.15) is 0 Å². The summed E-state index contributed by atoms with van der Waals surface area (Å²) in [5, 5.41) is 0. The molecule has 1 aromatic heterocycles. The fourth-order valence-corrected chi connectivity index (χ4v) is 4.46. The van der Waals surface area contributed by atoms with Crippen molar-refractivity contribution in [2.45, 2.75) is 39.5 Å². The van der Waals surface area contributed by atoms with Crippen LogP contribution in [0.1, 0.15) is 45.1 Å². The first kappa shape index (κ1) is 23.1. The molecular formula is C23H31N3O5. The predicted octanol–water partition coefficient (Wildman–Crippen LogP) is 2.43. The summed E-state index contributed by atoms with van der Waals surface area (Å²) >= 11 is 0. The minimum absolute atomic E-state index is 0.0506. The van der Waals surface area contributed by atoms with Crippen LogP contribution in [0.25, 0.3) is 0 Å². The van der Waals surface area contributed by atoms with Crippen molar-refractivity contribution in [3.05, 3.63) is 35.2 Å². The second-order valence-electron chi connectivity index (χ2n) is 8.57. The van der Waals surface area contributed by atoms with Crippen molar-refractivity contribution < 1.29 is 23.8 Å². The molecule has 0 saturated heterocycles. The zero-order chi connectivity index (χ0) is 22.6. The van der Waals surface area contributed by atoms with E-state index in [1.54, 1.807) is 19.2 Å². The topological polar surface area (TPSA) is 113 Å². The number of esters is 1. The number of nitrogens with zero attached hydrogens (tertiary/aromatic N) is 2. The maximum absolute atomic E-state index is 13.4. The van der Waals surface area contributed by atoms with Crippen LogP contribution in [-0.2, 0) is 19.1 Å². The number of nitrogens with two attached hydrogens (primary N) is 1. The molecule has 168 valence electrons. The first-order valence-corrected chi connectivity index (χ1v) is 10.6. The summed E-state index contributed by atoms with van der Waals surface area (Å²) in [5.41, 5.74) is 7.58. The summed E-state index contributed by atoms with van der Waals surface area (Å²) in [4.78, 5) is 35.6. The Kier molecular flexibility index (Phi) is 7.23. The van der Waals surface area contributed by atoms with E-state index in [0.29, 0.717) is 48.7 Å². The molecule has 8 nitrogen and oxygen atoms in total. The number of ether oxygens (including phenoxy) is 3. The van der Waals surface area contributed by atoms with Crippen LogP contribution in [0.15, 0.2) is 34.6 Å². The molecule has 0 radical (unpaired) electrons. The van der Waals surface area contributed by atoms with Gasteiger partial charge in [-0.3, -0.25) is 9.79 Å². The molecule has 1 saturated carbocycles. The normalized spacial score (nSPS) is 22.6. The number of fused-ring (bicyclic) bond motifs is 1. The lowest BCUT2D eigenvalue weighted by Gasteiger charge is -2.41. The minimum atomic E-state index is -0.602. The van der Waals surface area contributed by atoms with Crippen LogP contribution in [0.3, 0.4) is 0 Å². The highest BCUT2D eigenvalue weighted by atomic mass is 16.5. The number of methoxy groups -OCH3 is 1. The second kappa shape index (κ2) is 9.70. The molecule has 0 amide bonds. The molecule has 2 unspecified atom stereocenters. The monoisotopic (exact) mass is 429 g/mol. The lowest BCUT2D eigenvalue weighted by atomic mass is 9.63. The maximum Gasteiger partial charge on any atom is 0.336 e. The lowest BCUT2D eigenvalue weighted by molar-refractivity contribution is -0.139. The van der Waals surface area contributed by atoms with Crippen molar-refractivity contribution >= 4 is 17.5 Å². The van der Waals surface area contributed by atoms with Gasteiger partial charge in [-0.1, -0.05) is 19.9 Å². The van der Waals surface area contributed by atoms with Crippen LogP contribution in [0.4, 0.5) is 0 Å². The lowest BCUT2D eigenvalue weighted by Crippen LogP contribution is -2.44. The molecule has 2 atom stereocenters. The van der Waals surface area contributed by atoms with Gasteiger partial charge in [-0.05, 0) is 24.8 Å². The molecule has 1 aliphatic carbocycles. The van der Waals surface area contributed by atoms with Crippen LogP contribution >= 0.6 is 0 Å². The van der Waals surface area contributed by atoms with Gasteiger partial charge in [0.2, 0.25) is 5.88 Å². The van der Waals surface area contributed by atoms with Crippen molar-refractivity contribution in [1.82, 2.24) is 4.98 Å². The van der Waals surface area contributed by atoms with Gasteiger partial charge in [-0.15, -0.1) is 0 Å². The molecule has 2 heterocycles. The van der Waals surface area contributed by atoms with Crippen molar-refractivity contribution in [2.24, 2.45) is 22.1 Å². The van der Waals surface area contributed by atoms with Gasteiger partial charge in [0, 0.05) is 36.4 Å². The number of Topliss-reactive ketones (excluding diaryl/α,β-unsaturated/α-hetero) is 1. The Morgan fingerprint density at radius 2 is 2.06 bits per heavy atom. The number of pyridine rings is 1. The molecule has 0 spiro atoms. The molecule has 31 heavy (non-hydrogen) atoms. The van der Waals surface area contributed by atoms with E-state index in [4.69, 9.17) is 24.9 Å². The molecule has 1 aromatic rings. The SMILES string of the molecule is CCOC(=O)C1=C(COCCN)N=C2CC(C)(C)CC(=O)C2C1c1cccnc1OC. The molecule has 3 rings (SSSR count). The third-order valence-electron chi connectivity index (χ3n) is 5.58. The van der Waals surface area contributed by atoms with E-state index in [2.05, 4.69) is 18.8 Å². The molecular weight excluding hydrogens is 398 g/mol. The summed E-state index contributed by atoms with van der Waals surface area (Å²) in [6, 6.07) is 3.61. The van der Waals surface area contributed by atoms with Crippen LogP contribution < -0.4 is 10.5 Å². The fourth-order valence-electron chi connectivity index (χ4n) is 4.46. The first-order chi connectivity index (χ1) is 14.8. The second-order valence-corrected chi connectivity index (χ2v) is 8.57. The van der Waals surface area contributed by atoms with E-state index < -0.39 is 17.8 Å². The largest absolute Gasteiger partial charge is 0.481 e. The van der Waals surface area contributed by atoms with E-state index in [0.717, 1.165) is 5.71 Å². The van der Waals surface area contributed by atoms with Crippen molar-refractivity contribution in [1.29, 1.82) is 0 Å². The number of carbonyl (C=O) groups excluding carboxylic acids is 2. The molecule has 2 N–H and O–H groups in total. The van der Waals surface area contributed by atoms with Crippen molar-refractivity contribution in [3.8, 4) is 5.88 Å². The summed E-state index contributed by atoms with van der Waals surface area (Å²) < 4.78 is 16.5. The average Bonchev–Trinajstić information content (AvgIpc) is 2.72. The van der Waals surface area contributed by atoms with Gasteiger partial charge < -0.3 is 19.9 Å². The van der Waals surface area contributed by atoms with Gasteiger partial charge >= 0.3 is 5.97 Å². The Hall–Kier alpha value is -2.58. The fraction of sp³-hybridized carbons (Fsp3) is 0.565. The van der Waals surface area contributed by atoms with Gasteiger partial charge in [0.05, 0.1) is 44.1 Å². The maximum atomic E-state index is 13.4. The summed E-state index contributed by atoms with van der Waals surface area (Å²) in [7, 11) is 1.52. The van der Waals surface area contributed by atoms with Gasteiger partial charge in [0.15, 0.2) is 0 Å². The number of aromatic nitrogens is 1. The molecule has 1 fully saturated rings. The summed E-state index contributed by atoms with van der Waals surface area (Å²) in [6.07, 6.45) is 2.68. The molecule has 0 aromatic carbocycles. The van der Waals surface area contributed by atoms with Crippen LogP contribution in [0, 0.1) is 11.3 Å². The third kappa shape index (κ3) is 4.85. The number of ketones is 1. The standard InChI is InChI=1S/C23H31N3O5/c1-5-31-22(28)20-16(13-30-10-8-24)26-15-11-23(2,3)12-17(27)19(15)18(20)14-7-6-9-25-21(14)29-4/h6-7,9,18-19H,5,8,10-13,24H2,1-4H3. The Balaban J connectivity index is 2.22. The Bertz CT molecular complexity index is 906. The number of rotatable bonds is 8. The van der Waals surface area contributed by atoms with Crippen LogP contribution in [-0.4, -0.2) is 55.9 Å². The van der Waals surface area contributed by atoms with Crippen LogP contribution in [0.5, 0.6) is 5.88 Å². The third-order valence-corrected chi connectivity index (χ3v) is 5.58. The summed E-state index contributed by atoms with van der Waals surface area (Å²) in [5.74, 6) is -1.26. The number of aliphatic imine (C=N–C) groups is 1. The van der Waals surface area contributed by atoms with Gasteiger partial charge in [0.25, 0.3) is 0 Å². The minimum Gasteiger partial charge on any atom is -0.481 e. The molecule has 1 aliphatic heterocycles. The predicted molar refractivity (Wildman–Crippen MR) is 116 cm³/mol. The Labute approximate surface area is 182 Å². The van der Waals surface area contributed by atoms with Crippen molar-refractivity contribution in [2.75, 3.05) is 33.5 Å². The zero-order valence-corrected chi connectivity index (χ0v) is 18.6. The number of hydrogen-bond acceptors (Lipinski definition) is 8. The molecule has 2 aliphatic rings. The number of carbonyl (C=O) groups is 2. The first-order valence-electron chi connectivity index (χ1n) is 10.6. The smallest absolute Gasteiger partial charge is 0.336 e. The van der Waals surface area contributed by atoms with Gasteiger partial charge in [0.1, 0.15) is 5.78 Å². The highest BCUT2D eigenvalue weighted by molar-refractivity contribution is 6.12. The van der Waals surface area contributed by atoms with Gasteiger partial charge in [-0.25, -0.2) is 9.78 Å².